The fourth-order valence-electron chi connectivity index (χ4n) is 2.12. The first-order valence-electron chi connectivity index (χ1n) is 6.83. The van der Waals surface area contributed by atoms with Crippen molar-refractivity contribution in [3.05, 3.63) is 57.2 Å². The number of rotatable bonds is 5. The van der Waals surface area contributed by atoms with Crippen molar-refractivity contribution >= 4 is 28.5 Å². The number of carbonyl (C=O) groups excluding carboxylic acids is 1. The molecule has 0 bridgehead atoms. The van der Waals surface area contributed by atoms with Gasteiger partial charge >= 0.3 is 0 Å². The smallest absolute Gasteiger partial charge is 0.251 e. The zero-order chi connectivity index (χ0) is 16.1. The zero-order valence-electron chi connectivity index (χ0n) is 12.7. The predicted molar refractivity (Wildman–Crippen MR) is 94.6 cm³/mol. The third-order valence-corrected chi connectivity index (χ3v) is 4.01. The SMILES string of the molecule is COc1ccc(C(C)NC(=O)c2cccc(I)c2)cc1OC. The van der Waals surface area contributed by atoms with Crippen molar-refractivity contribution in [2.24, 2.45) is 0 Å². The lowest BCUT2D eigenvalue weighted by atomic mass is 10.1. The van der Waals surface area contributed by atoms with Crippen molar-refractivity contribution in [2.75, 3.05) is 14.2 Å². The van der Waals surface area contributed by atoms with Crippen LogP contribution in [0.2, 0.25) is 0 Å². The molecule has 22 heavy (non-hydrogen) atoms. The average molecular weight is 411 g/mol. The molecule has 1 atom stereocenters. The highest BCUT2D eigenvalue weighted by Crippen LogP contribution is 2.29. The van der Waals surface area contributed by atoms with E-state index in [9.17, 15) is 4.79 Å². The molecule has 0 radical (unpaired) electrons. The van der Waals surface area contributed by atoms with Crippen LogP contribution in [0.1, 0.15) is 28.9 Å². The first kappa shape index (κ1) is 16.6. The first-order valence-corrected chi connectivity index (χ1v) is 7.91. The Kier molecular flexibility index (Phi) is 5.65. The lowest BCUT2D eigenvalue weighted by molar-refractivity contribution is 0.0939. The van der Waals surface area contributed by atoms with E-state index in [1.54, 1.807) is 20.3 Å². The molecule has 4 nitrogen and oxygen atoms in total. The van der Waals surface area contributed by atoms with Crippen molar-refractivity contribution in [1.29, 1.82) is 0 Å². The van der Waals surface area contributed by atoms with Crippen molar-refractivity contribution in [3.63, 3.8) is 0 Å². The van der Waals surface area contributed by atoms with Gasteiger partial charge in [0.05, 0.1) is 20.3 Å². The molecule has 2 rings (SSSR count). The molecule has 0 aliphatic carbocycles. The Balaban J connectivity index is 2.15. The lowest BCUT2D eigenvalue weighted by Gasteiger charge is -2.16. The van der Waals surface area contributed by atoms with Gasteiger partial charge in [-0.05, 0) is 65.4 Å². The second-order valence-corrected chi connectivity index (χ2v) is 6.07. The first-order chi connectivity index (χ1) is 10.5. The molecule has 0 saturated heterocycles. The Morgan fingerprint density at radius 1 is 1.09 bits per heavy atom. The summed E-state index contributed by atoms with van der Waals surface area (Å²) in [5.41, 5.74) is 1.61. The number of hydrogen-bond acceptors (Lipinski definition) is 3. The van der Waals surface area contributed by atoms with Crippen LogP contribution in [-0.2, 0) is 0 Å². The van der Waals surface area contributed by atoms with E-state index in [4.69, 9.17) is 9.47 Å². The van der Waals surface area contributed by atoms with E-state index >= 15 is 0 Å². The van der Waals surface area contributed by atoms with Crippen molar-refractivity contribution < 1.29 is 14.3 Å². The lowest BCUT2D eigenvalue weighted by Crippen LogP contribution is -2.26. The molecular weight excluding hydrogens is 393 g/mol. The standard InChI is InChI=1S/C17H18INO3/c1-11(12-7-8-15(21-2)16(10-12)22-3)19-17(20)13-5-4-6-14(18)9-13/h4-11H,1-3H3,(H,19,20). The van der Waals surface area contributed by atoms with Crippen LogP contribution in [0.4, 0.5) is 0 Å². The minimum absolute atomic E-state index is 0.0965. The van der Waals surface area contributed by atoms with Gasteiger partial charge in [0.2, 0.25) is 0 Å². The van der Waals surface area contributed by atoms with Crippen molar-refractivity contribution in [1.82, 2.24) is 5.32 Å². The Bertz CT molecular complexity index is 673. The topological polar surface area (TPSA) is 47.6 Å². The molecular formula is C17H18INO3. The highest BCUT2D eigenvalue weighted by Gasteiger charge is 2.14. The molecule has 1 amide bonds. The maximum Gasteiger partial charge on any atom is 0.251 e. The minimum Gasteiger partial charge on any atom is -0.493 e. The largest absolute Gasteiger partial charge is 0.493 e. The Hall–Kier alpha value is -1.76. The van der Waals surface area contributed by atoms with E-state index in [2.05, 4.69) is 27.9 Å². The fraction of sp³-hybridized carbons (Fsp3) is 0.235. The fourth-order valence-corrected chi connectivity index (χ4v) is 2.66. The summed E-state index contributed by atoms with van der Waals surface area (Å²) in [5, 5.41) is 2.99. The van der Waals surface area contributed by atoms with Gasteiger partial charge < -0.3 is 14.8 Å². The molecule has 0 fully saturated rings. The molecule has 2 aromatic carbocycles. The van der Waals surface area contributed by atoms with E-state index in [-0.39, 0.29) is 11.9 Å². The number of ether oxygens (including phenoxy) is 2. The average Bonchev–Trinajstić information content (AvgIpc) is 2.54. The van der Waals surface area contributed by atoms with E-state index in [1.807, 2.05) is 43.3 Å². The van der Waals surface area contributed by atoms with Crippen molar-refractivity contribution in [3.8, 4) is 11.5 Å². The number of benzene rings is 2. The molecule has 116 valence electrons. The summed E-state index contributed by atoms with van der Waals surface area (Å²) in [6.07, 6.45) is 0. The predicted octanol–water partition coefficient (Wildman–Crippen LogP) is 3.80. The monoisotopic (exact) mass is 411 g/mol. The summed E-state index contributed by atoms with van der Waals surface area (Å²) < 4.78 is 11.5. The van der Waals surface area contributed by atoms with Crippen LogP contribution < -0.4 is 14.8 Å². The van der Waals surface area contributed by atoms with Crippen LogP contribution in [0, 0.1) is 3.57 Å². The molecule has 0 saturated carbocycles. The van der Waals surface area contributed by atoms with Gasteiger partial charge in [-0.2, -0.15) is 0 Å². The molecule has 1 unspecified atom stereocenters. The molecule has 5 heteroatoms. The summed E-state index contributed by atoms with van der Waals surface area (Å²) in [6.45, 7) is 1.94. The number of hydrogen-bond donors (Lipinski definition) is 1. The summed E-state index contributed by atoms with van der Waals surface area (Å²) >= 11 is 2.19. The van der Waals surface area contributed by atoms with Gasteiger partial charge in [0.1, 0.15) is 0 Å². The van der Waals surface area contributed by atoms with Crippen LogP contribution in [0.3, 0.4) is 0 Å². The highest BCUT2D eigenvalue weighted by atomic mass is 127. The minimum atomic E-state index is -0.134. The van der Waals surface area contributed by atoms with Gasteiger partial charge in [-0.1, -0.05) is 12.1 Å². The van der Waals surface area contributed by atoms with Crippen molar-refractivity contribution in [2.45, 2.75) is 13.0 Å². The van der Waals surface area contributed by atoms with Crippen LogP contribution in [0.25, 0.3) is 0 Å². The van der Waals surface area contributed by atoms with E-state index < -0.39 is 0 Å². The van der Waals surface area contributed by atoms with Gasteiger partial charge in [0.15, 0.2) is 11.5 Å². The third kappa shape index (κ3) is 3.91. The van der Waals surface area contributed by atoms with E-state index in [0.717, 1.165) is 9.13 Å². The summed E-state index contributed by atoms with van der Waals surface area (Å²) in [7, 11) is 3.19. The van der Waals surface area contributed by atoms with Crippen LogP contribution >= 0.6 is 22.6 Å². The highest BCUT2D eigenvalue weighted by molar-refractivity contribution is 14.1. The molecule has 0 aromatic heterocycles. The van der Waals surface area contributed by atoms with E-state index in [1.165, 1.54) is 0 Å². The second-order valence-electron chi connectivity index (χ2n) is 4.82. The molecule has 0 aliphatic rings. The molecule has 2 aromatic rings. The summed E-state index contributed by atoms with van der Waals surface area (Å²) in [4.78, 5) is 12.3. The number of carbonyl (C=O) groups is 1. The van der Waals surface area contributed by atoms with Gasteiger partial charge in [-0.3, -0.25) is 4.79 Å². The van der Waals surface area contributed by atoms with Gasteiger partial charge in [-0.15, -0.1) is 0 Å². The normalized spacial score (nSPS) is 11.6. The quantitative estimate of drug-likeness (QED) is 0.762. The maximum atomic E-state index is 12.3. The molecule has 1 N–H and O–H groups in total. The molecule has 0 heterocycles. The zero-order valence-corrected chi connectivity index (χ0v) is 14.9. The number of amides is 1. The van der Waals surface area contributed by atoms with E-state index in [0.29, 0.717) is 17.1 Å². The number of halogens is 1. The van der Waals surface area contributed by atoms with Crippen LogP contribution in [0.5, 0.6) is 11.5 Å². The second kappa shape index (κ2) is 7.49. The molecule has 0 spiro atoms. The Morgan fingerprint density at radius 3 is 2.45 bits per heavy atom. The summed E-state index contributed by atoms with van der Waals surface area (Å²) in [5.74, 6) is 1.22. The summed E-state index contributed by atoms with van der Waals surface area (Å²) in [6, 6.07) is 13.0. The van der Waals surface area contributed by atoms with Crippen LogP contribution in [-0.4, -0.2) is 20.1 Å². The number of methoxy groups -OCH3 is 2. The third-order valence-electron chi connectivity index (χ3n) is 3.34. The number of nitrogens with one attached hydrogen (secondary N) is 1. The Morgan fingerprint density at radius 2 is 1.82 bits per heavy atom. The maximum absolute atomic E-state index is 12.3. The van der Waals surface area contributed by atoms with Gasteiger partial charge in [0.25, 0.3) is 5.91 Å². The van der Waals surface area contributed by atoms with Crippen LogP contribution in [0.15, 0.2) is 42.5 Å². The molecule has 0 aliphatic heterocycles. The van der Waals surface area contributed by atoms with Gasteiger partial charge in [0, 0.05) is 9.13 Å². The Labute approximate surface area is 144 Å². The van der Waals surface area contributed by atoms with Gasteiger partial charge in [-0.25, -0.2) is 0 Å².